The summed E-state index contributed by atoms with van der Waals surface area (Å²) in [7, 11) is 1.91. The molecule has 2 rings (SSSR count). The second-order valence-corrected chi connectivity index (χ2v) is 7.45. The minimum absolute atomic E-state index is 0.0107. The molecule has 1 aliphatic rings. The van der Waals surface area contributed by atoms with Crippen molar-refractivity contribution in [2.75, 3.05) is 32.7 Å². The maximum Gasteiger partial charge on any atom is 0.317 e. The highest BCUT2D eigenvalue weighted by atomic mass is 16.3. The second-order valence-electron chi connectivity index (χ2n) is 7.45. The molecule has 0 radical (unpaired) electrons. The number of carbonyl (C=O) groups excluding carboxylic acids is 1. The Labute approximate surface area is 144 Å². The third-order valence-corrected chi connectivity index (χ3v) is 4.26. The van der Waals surface area contributed by atoms with Crippen LogP contribution in [0.5, 0.6) is 0 Å². The van der Waals surface area contributed by atoms with Crippen molar-refractivity contribution in [2.45, 2.75) is 45.3 Å². The van der Waals surface area contributed by atoms with Gasteiger partial charge in [-0.05, 0) is 39.2 Å². The minimum atomic E-state index is -0.698. The second kappa shape index (κ2) is 7.98. The topological polar surface area (TPSA) is 73.6 Å². The van der Waals surface area contributed by atoms with Crippen LogP contribution in [0.2, 0.25) is 0 Å². The summed E-state index contributed by atoms with van der Waals surface area (Å²) in [5.74, 6) is 0. The molecule has 0 aromatic carbocycles. The molecule has 1 fully saturated rings. The van der Waals surface area contributed by atoms with Crippen LogP contribution in [0, 0.1) is 0 Å². The zero-order chi connectivity index (χ0) is 17.7. The maximum absolute atomic E-state index is 12.3. The lowest BCUT2D eigenvalue weighted by Crippen LogP contribution is -2.58. The third kappa shape index (κ3) is 5.79. The molecule has 24 heavy (non-hydrogen) atoms. The number of aryl methyl sites for hydroxylation is 2. The van der Waals surface area contributed by atoms with Crippen LogP contribution in [0.15, 0.2) is 12.4 Å². The van der Waals surface area contributed by atoms with E-state index in [9.17, 15) is 9.90 Å². The van der Waals surface area contributed by atoms with E-state index in [1.807, 2.05) is 38.2 Å². The molecule has 0 spiro atoms. The first-order chi connectivity index (χ1) is 11.2. The summed E-state index contributed by atoms with van der Waals surface area (Å²) >= 11 is 0. The number of aromatic nitrogens is 2. The summed E-state index contributed by atoms with van der Waals surface area (Å²) in [4.78, 5) is 16.5. The van der Waals surface area contributed by atoms with Crippen molar-refractivity contribution in [2.24, 2.45) is 7.05 Å². The number of nitrogens with zero attached hydrogens (tertiary/aromatic N) is 4. The van der Waals surface area contributed by atoms with E-state index in [0.29, 0.717) is 19.6 Å². The third-order valence-electron chi connectivity index (χ3n) is 4.26. The SMILES string of the molecule is C[C@@H]1CN(CC(C)(C)O)CCN1C(=O)NCCCc1cnn(C)c1. The van der Waals surface area contributed by atoms with Crippen LogP contribution in [0.3, 0.4) is 0 Å². The fourth-order valence-electron chi connectivity index (χ4n) is 3.22. The van der Waals surface area contributed by atoms with E-state index in [0.717, 1.165) is 25.9 Å². The van der Waals surface area contributed by atoms with E-state index in [2.05, 4.69) is 22.2 Å². The van der Waals surface area contributed by atoms with Gasteiger partial charge in [0.15, 0.2) is 0 Å². The summed E-state index contributed by atoms with van der Waals surface area (Å²) in [6.07, 6.45) is 5.70. The highest BCUT2D eigenvalue weighted by Crippen LogP contribution is 2.13. The van der Waals surface area contributed by atoms with Gasteiger partial charge >= 0.3 is 6.03 Å². The molecule has 2 N–H and O–H groups in total. The van der Waals surface area contributed by atoms with E-state index >= 15 is 0 Å². The fourth-order valence-corrected chi connectivity index (χ4v) is 3.22. The Kier molecular flexibility index (Phi) is 6.23. The summed E-state index contributed by atoms with van der Waals surface area (Å²) in [6.45, 7) is 9.31. The van der Waals surface area contributed by atoms with Crippen molar-refractivity contribution in [3.05, 3.63) is 18.0 Å². The predicted octanol–water partition coefficient (Wildman–Crippen LogP) is 0.839. The molecule has 7 nitrogen and oxygen atoms in total. The van der Waals surface area contributed by atoms with Crippen LogP contribution in [-0.2, 0) is 13.5 Å². The van der Waals surface area contributed by atoms with Crippen molar-refractivity contribution >= 4 is 6.03 Å². The van der Waals surface area contributed by atoms with E-state index in [1.165, 1.54) is 5.56 Å². The number of amides is 2. The van der Waals surface area contributed by atoms with E-state index < -0.39 is 5.60 Å². The zero-order valence-electron chi connectivity index (χ0n) is 15.3. The lowest BCUT2D eigenvalue weighted by atomic mass is 10.1. The number of β-amino-alcohol motifs (C(OH)–C–C–N with tert-alkyl or cyclic N) is 1. The number of hydrogen-bond donors (Lipinski definition) is 2. The Hall–Kier alpha value is -1.60. The van der Waals surface area contributed by atoms with Gasteiger partial charge in [-0.1, -0.05) is 0 Å². The highest BCUT2D eigenvalue weighted by molar-refractivity contribution is 5.74. The van der Waals surface area contributed by atoms with Gasteiger partial charge in [-0.25, -0.2) is 4.79 Å². The molecule has 1 atom stereocenters. The molecule has 2 amide bonds. The molecular formula is C17H31N5O2. The molecule has 0 saturated carbocycles. The molecule has 2 heterocycles. The number of carbonyl (C=O) groups is 1. The zero-order valence-corrected chi connectivity index (χ0v) is 15.3. The molecule has 0 unspecified atom stereocenters. The van der Waals surface area contributed by atoms with Gasteiger partial charge in [-0.2, -0.15) is 5.10 Å². The summed E-state index contributed by atoms with van der Waals surface area (Å²) in [5.41, 5.74) is 0.497. The number of aliphatic hydroxyl groups is 1. The van der Waals surface area contributed by atoms with Crippen molar-refractivity contribution in [3.8, 4) is 0 Å². The van der Waals surface area contributed by atoms with Gasteiger partial charge in [0.2, 0.25) is 0 Å². The van der Waals surface area contributed by atoms with Gasteiger partial charge in [0.05, 0.1) is 11.8 Å². The van der Waals surface area contributed by atoms with Crippen LogP contribution in [0.4, 0.5) is 4.79 Å². The summed E-state index contributed by atoms with van der Waals surface area (Å²) in [5, 5.41) is 17.1. The first-order valence-electron chi connectivity index (χ1n) is 8.71. The van der Waals surface area contributed by atoms with Crippen LogP contribution in [0.1, 0.15) is 32.8 Å². The number of hydrogen-bond acceptors (Lipinski definition) is 4. The Bertz CT molecular complexity index is 537. The molecule has 1 aliphatic heterocycles. The quantitative estimate of drug-likeness (QED) is 0.755. The van der Waals surface area contributed by atoms with Gasteiger partial charge in [0, 0.05) is 52.0 Å². The van der Waals surface area contributed by atoms with Crippen molar-refractivity contribution in [1.29, 1.82) is 0 Å². The molecule has 0 aliphatic carbocycles. The number of nitrogens with one attached hydrogen (secondary N) is 1. The number of piperazine rings is 1. The largest absolute Gasteiger partial charge is 0.389 e. The van der Waals surface area contributed by atoms with Crippen LogP contribution >= 0.6 is 0 Å². The lowest BCUT2D eigenvalue weighted by Gasteiger charge is -2.41. The van der Waals surface area contributed by atoms with Gasteiger partial charge in [-0.3, -0.25) is 9.58 Å². The van der Waals surface area contributed by atoms with E-state index in [4.69, 9.17) is 0 Å². The molecule has 7 heteroatoms. The Balaban J connectivity index is 1.69. The predicted molar refractivity (Wildman–Crippen MR) is 93.8 cm³/mol. The number of rotatable bonds is 6. The highest BCUT2D eigenvalue weighted by Gasteiger charge is 2.29. The van der Waals surface area contributed by atoms with Gasteiger partial charge < -0.3 is 15.3 Å². The normalized spacial score (nSPS) is 19.5. The monoisotopic (exact) mass is 337 g/mol. The molecule has 0 bridgehead atoms. The molecular weight excluding hydrogens is 306 g/mol. The summed E-state index contributed by atoms with van der Waals surface area (Å²) < 4.78 is 1.79. The minimum Gasteiger partial charge on any atom is -0.389 e. The van der Waals surface area contributed by atoms with Crippen LogP contribution < -0.4 is 5.32 Å². The Morgan fingerprint density at radius 3 is 2.79 bits per heavy atom. The van der Waals surface area contributed by atoms with Gasteiger partial charge in [0.1, 0.15) is 0 Å². The first kappa shape index (κ1) is 18.7. The van der Waals surface area contributed by atoms with E-state index in [-0.39, 0.29) is 12.1 Å². The van der Waals surface area contributed by atoms with Crippen LogP contribution in [0.25, 0.3) is 0 Å². The molecule has 1 aromatic heterocycles. The maximum atomic E-state index is 12.3. The van der Waals surface area contributed by atoms with Crippen molar-refractivity contribution in [3.63, 3.8) is 0 Å². The fraction of sp³-hybridized carbons (Fsp3) is 0.765. The van der Waals surface area contributed by atoms with Crippen molar-refractivity contribution in [1.82, 2.24) is 24.9 Å². The standard InChI is InChI=1S/C17H31N5O2/c1-14-11-21(13-17(2,3)24)8-9-22(14)16(23)18-7-5-6-15-10-19-20(4)12-15/h10,12,14,24H,5-9,11,13H2,1-4H3,(H,18,23)/t14-/m1/s1. The van der Waals surface area contributed by atoms with E-state index in [1.54, 1.807) is 4.68 Å². The van der Waals surface area contributed by atoms with Gasteiger partial charge in [-0.15, -0.1) is 0 Å². The first-order valence-corrected chi connectivity index (χ1v) is 8.71. The molecule has 1 aromatic rings. The average molecular weight is 337 g/mol. The molecule has 1 saturated heterocycles. The van der Waals surface area contributed by atoms with Crippen molar-refractivity contribution < 1.29 is 9.90 Å². The van der Waals surface area contributed by atoms with Gasteiger partial charge in [0.25, 0.3) is 0 Å². The smallest absolute Gasteiger partial charge is 0.317 e. The Morgan fingerprint density at radius 1 is 1.46 bits per heavy atom. The average Bonchev–Trinajstić information content (AvgIpc) is 2.87. The van der Waals surface area contributed by atoms with Crippen LogP contribution in [-0.4, -0.2) is 75.1 Å². The summed E-state index contributed by atoms with van der Waals surface area (Å²) in [6, 6.07) is 0.163. The molecule has 136 valence electrons. The number of urea groups is 1. The Morgan fingerprint density at radius 2 is 2.21 bits per heavy atom. The lowest BCUT2D eigenvalue weighted by molar-refractivity contribution is 0.0119.